The van der Waals surface area contributed by atoms with Gasteiger partial charge in [-0.15, -0.1) is 0 Å². The predicted molar refractivity (Wildman–Crippen MR) is 135 cm³/mol. The van der Waals surface area contributed by atoms with Gasteiger partial charge in [-0.25, -0.2) is 9.18 Å². The zero-order valence-corrected chi connectivity index (χ0v) is 20.8. The molecule has 5 rings (SSSR count). The number of benzene rings is 3. The molecular formula is C28H24F4N4O3. The lowest BCUT2D eigenvalue weighted by Gasteiger charge is -2.35. The number of ether oxygens (including phenoxy) is 1. The molecule has 39 heavy (non-hydrogen) atoms. The number of hydrogen-bond donors (Lipinski definition) is 1. The Kier molecular flexibility index (Phi) is 6.98. The molecule has 0 saturated carbocycles. The van der Waals surface area contributed by atoms with E-state index in [0.29, 0.717) is 22.4 Å². The fourth-order valence-electron chi connectivity index (χ4n) is 4.83. The van der Waals surface area contributed by atoms with E-state index in [1.165, 1.54) is 47.2 Å². The van der Waals surface area contributed by atoms with Crippen molar-refractivity contribution in [1.82, 2.24) is 15.1 Å². The van der Waals surface area contributed by atoms with Crippen LogP contribution in [0, 0.1) is 5.82 Å². The summed E-state index contributed by atoms with van der Waals surface area (Å²) in [6, 6.07) is 14.7. The molecular weight excluding hydrogens is 516 g/mol. The quantitative estimate of drug-likeness (QED) is 0.476. The highest BCUT2D eigenvalue weighted by atomic mass is 19.4. The summed E-state index contributed by atoms with van der Waals surface area (Å²) in [5, 5.41) is 2.68. The maximum Gasteiger partial charge on any atom is 0.416 e. The first-order chi connectivity index (χ1) is 18.7. The zero-order chi connectivity index (χ0) is 27.7. The average molecular weight is 541 g/mol. The second kappa shape index (κ2) is 10.4. The third kappa shape index (κ3) is 5.29. The van der Waals surface area contributed by atoms with E-state index in [2.05, 4.69) is 5.32 Å². The van der Waals surface area contributed by atoms with Crippen molar-refractivity contribution in [2.24, 2.45) is 4.99 Å². The van der Waals surface area contributed by atoms with E-state index in [0.717, 1.165) is 12.1 Å². The molecule has 0 aromatic heterocycles. The molecule has 2 atom stereocenters. The Morgan fingerprint density at radius 2 is 1.77 bits per heavy atom. The van der Waals surface area contributed by atoms with Crippen LogP contribution in [0.15, 0.2) is 77.8 Å². The molecule has 3 aromatic carbocycles. The number of amidine groups is 1. The van der Waals surface area contributed by atoms with Gasteiger partial charge >= 0.3 is 12.2 Å². The van der Waals surface area contributed by atoms with Gasteiger partial charge < -0.3 is 15.0 Å². The second-order valence-corrected chi connectivity index (χ2v) is 9.17. The molecule has 3 aromatic rings. The minimum Gasteiger partial charge on any atom is -0.497 e. The van der Waals surface area contributed by atoms with Gasteiger partial charge in [-0.2, -0.15) is 13.2 Å². The Hall–Kier alpha value is -4.41. The van der Waals surface area contributed by atoms with Crippen molar-refractivity contribution in [3.8, 4) is 5.75 Å². The van der Waals surface area contributed by atoms with E-state index < -0.39 is 35.7 Å². The lowest BCUT2D eigenvalue weighted by molar-refractivity contribution is -0.137. The molecule has 1 saturated heterocycles. The molecule has 11 heteroatoms. The standard InChI is InChI=1S/C28H24F4N4O3/c1-39-22-7-3-5-19(15-22)26-34-24(17-8-10-20(11-9-17)28(30,31)32)25(18-4-2-6-21(29)14-18)36(26)27(38)35-13-12-33-23(37)16-35/h2-11,14-15,24-25H,12-13,16H2,1H3,(H,33,37). The zero-order valence-electron chi connectivity index (χ0n) is 20.8. The molecule has 0 aliphatic carbocycles. The third-order valence-electron chi connectivity index (χ3n) is 6.68. The Balaban J connectivity index is 1.67. The van der Waals surface area contributed by atoms with Gasteiger partial charge in [0, 0.05) is 18.7 Å². The maximum absolute atomic E-state index is 14.4. The van der Waals surface area contributed by atoms with E-state index in [1.807, 2.05) is 0 Å². The molecule has 7 nitrogen and oxygen atoms in total. The topological polar surface area (TPSA) is 74.2 Å². The van der Waals surface area contributed by atoms with Crippen molar-refractivity contribution >= 4 is 17.8 Å². The van der Waals surface area contributed by atoms with E-state index >= 15 is 0 Å². The molecule has 0 bridgehead atoms. The number of carbonyl (C=O) groups is 2. The van der Waals surface area contributed by atoms with E-state index in [1.54, 1.807) is 30.3 Å². The first kappa shape index (κ1) is 26.2. The summed E-state index contributed by atoms with van der Waals surface area (Å²) < 4.78 is 59.6. The summed E-state index contributed by atoms with van der Waals surface area (Å²) in [7, 11) is 1.49. The fraction of sp³-hybridized carbons (Fsp3) is 0.250. The number of methoxy groups -OCH3 is 1. The van der Waals surface area contributed by atoms with Gasteiger partial charge in [-0.1, -0.05) is 36.4 Å². The summed E-state index contributed by atoms with van der Waals surface area (Å²) in [6.45, 7) is 0.325. The normalized spacial score (nSPS) is 19.5. The van der Waals surface area contributed by atoms with Crippen molar-refractivity contribution < 1.29 is 31.9 Å². The number of urea groups is 1. The van der Waals surface area contributed by atoms with Crippen LogP contribution >= 0.6 is 0 Å². The van der Waals surface area contributed by atoms with Crippen molar-refractivity contribution in [2.45, 2.75) is 18.3 Å². The van der Waals surface area contributed by atoms with Crippen molar-refractivity contribution in [3.05, 3.63) is 101 Å². The van der Waals surface area contributed by atoms with Crippen LogP contribution in [0.3, 0.4) is 0 Å². The van der Waals surface area contributed by atoms with Gasteiger partial charge in [0.1, 0.15) is 30.0 Å². The molecule has 3 amide bonds. The molecule has 0 spiro atoms. The van der Waals surface area contributed by atoms with Crippen LogP contribution in [-0.2, 0) is 11.0 Å². The van der Waals surface area contributed by atoms with E-state index in [9.17, 15) is 27.2 Å². The minimum atomic E-state index is -4.53. The largest absolute Gasteiger partial charge is 0.497 e. The summed E-state index contributed by atoms with van der Waals surface area (Å²) in [4.78, 5) is 33.7. The van der Waals surface area contributed by atoms with Crippen LogP contribution in [0.5, 0.6) is 5.75 Å². The lowest BCUT2D eigenvalue weighted by Crippen LogP contribution is -2.55. The molecule has 202 valence electrons. The summed E-state index contributed by atoms with van der Waals surface area (Å²) in [6.07, 6.45) is -4.53. The monoisotopic (exact) mass is 540 g/mol. The van der Waals surface area contributed by atoms with Crippen LogP contribution in [0.25, 0.3) is 0 Å². The third-order valence-corrected chi connectivity index (χ3v) is 6.68. The number of amides is 3. The van der Waals surface area contributed by atoms with Crippen LogP contribution in [-0.4, -0.2) is 54.3 Å². The lowest BCUT2D eigenvalue weighted by atomic mass is 9.93. The van der Waals surface area contributed by atoms with Gasteiger partial charge in [0.2, 0.25) is 5.91 Å². The van der Waals surface area contributed by atoms with Gasteiger partial charge in [-0.3, -0.25) is 14.7 Å². The predicted octanol–water partition coefficient (Wildman–Crippen LogP) is 4.95. The Labute approximate surface area is 221 Å². The molecule has 2 unspecified atom stereocenters. The highest BCUT2D eigenvalue weighted by Crippen LogP contribution is 2.45. The highest BCUT2D eigenvalue weighted by molar-refractivity contribution is 6.10. The number of nitrogens with one attached hydrogen (secondary N) is 1. The Morgan fingerprint density at radius 3 is 2.44 bits per heavy atom. The number of halogens is 4. The van der Waals surface area contributed by atoms with Crippen molar-refractivity contribution in [2.75, 3.05) is 26.7 Å². The van der Waals surface area contributed by atoms with Gasteiger partial charge in [0.05, 0.1) is 18.7 Å². The van der Waals surface area contributed by atoms with Crippen LogP contribution in [0.2, 0.25) is 0 Å². The van der Waals surface area contributed by atoms with Crippen LogP contribution < -0.4 is 10.1 Å². The van der Waals surface area contributed by atoms with E-state index in [-0.39, 0.29) is 31.4 Å². The summed E-state index contributed by atoms with van der Waals surface area (Å²) >= 11 is 0. The van der Waals surface area contributed by atoms with Gasteiger partial charge in [0.25, 0.3) is 0 Å². The number of carbonyl (C=O) groups excluding carboxylic acids is 2. The number of hydrogen-bond acceptors (Lipinski definition) is 4. The number of aliphatic imine (C=N–C) groups is 1. The molecule has 2 aliphatic heterocycles. The van der Waals surface area contributed by atoms with Crippen molar-refractivity contribution in [1.29, 1.82) is 0 Å². The number of piperazine rings is 1. The molecule has 0 radical (unpaired) electrons. The Bertz CT molecular complexity index is 1420. The number of rotatable bonds is 4. The Morgan fingerprint density at radius 1 is 1.03 bits per heavy atom. The van der Waals surface area contributed by atoms with Gasteiger partial charge in [0.15, 0.2) is 0 Å². The highest BCUT2D eigenvalue weighted by Gasteiger charge is 2.44. The molecule has 1 fully saturated rings. The SMILES string of the molecule is COc1cccc(C2=NC(c3ccc(C(F)(F)F)cc3)C(c3cccc(F)c3)N2C(=O)N2CCNC(=O)C2)c1. The van der Waals surface area contributed by atoms with Crippen molar-refractivity contribution in [3.63, 3.8) is 0 Å². The fourth-order valence-corrected chi connectivity index (χ4v) is 4.83. The smallest absolute Gasteiger partial charge is 0.416 e. The molecule has 2 aliphatic rings. The number of nitrogens with zero attached hydrogens (tertiary/aromatic N) is 3. The van der Waals surface area contributed by atoms with Gasteiger partial charge in [-0.05, 0) is 47.5 Å². The summed E-state index contributed by atoms with van der Waals surface area (Å²) in [5.41, 5.74) is 0.497. The first-order valence-corrected chi connectivity index (χ1v) is 12.2. The minimum absolute atomic E-state index is 0.179. The summed E-state index contributed by atoms with van der Waals surface area (Å²) in [5.74, 6) is -0.141. The molecule has 1 N–H and O–H groups in total. The van der Waals surface area contributed by atoms with E-state index in [4.69, 9.17) is 9.73 Å². The average Bonchev–Trinajstić information content (AvgIpc) is 3.33. The second-order valence-electron chi connectivity index (χ2n) is 9.17. The molecule has 2 heterocycles. The number of alkyl halides is 3. The first-order valence-electron chi connectivity index (χ1n) is 12.2. The van der Waals surface area contributed by atoms with Crippen LogP contribution in [0.4, 0.5) is 22.4 Å². The van der Waals surface area contributed by atoms with Crippen LogP contribution in [0.1, 0.15) is 34.3 Å². The maximum atomic E-state index is 14.4.